The van der Waals surface area contributed by atoms with Gasteiger partial charge in [-0.25, -0.2) is 13.5 Å². The van der Waals surface area contributed by atoms with Gasteiger partial charge in [0.25, 0.3) is 0 Å². The molecular weight excluding hydrogens is 315 g/mol. The average Bonchev–Trinajstić information content (AvgIpc) is 2.34. The molecule has 120 valence electrons. The van der Waals surface area contributed by atoms with E-state index < -0.39 is 36.9 Å². The quantitative estimate of drug-likeness (QED) is 0.343. The Kier molecular flexibility index (Phi) is 9.19. The Labute approximate surface area is 118 Å². The van der Waals surface area contributed by atoms with E-state index in [4.69, 9.17) is 18.3 Å². The second-order valence-corrected chi connectivity index (χ2v) is 6.43. The normalized spacial score (nSPS) is 14.8. The van der Waals surface area contributed by atoms with Crippen LogP contribution in [0.15, 0.2) is 0 Å². The predicted molar refractivity (Wildman–Crippen MR) is 68.9 cm³/mol. The molecule has 11 heteroatoms. The van der Waals surface area contributed by atoms with E-state index in [1.165, 1.54) is 6.92 Å². The molecule has 9 nitrogen and oxygen atoms in total. The summed E-state index contributed by atoms with van der Waals surface area (Å²) in [4.78, 5) is 11.6. The van der Waals surface area contributed by atoms with Crippen molar-refractivity contribution < 1.29 is 40.3 Å². The van der Waals surface area contributed by atoms with Crippen molar-refractivity contribution in [3.63, 3.8) is 0 Å². The molecular formula is C9H19O9PS. The number of unbranched alkanes of at least 4 members (excludes halogenated alkanes) is 1. The second-order valence-electron chi connectivity index (χ2n) is 3.47. The van der Waals surface area contributed by atoms with E-state index in [0.717, 1.165) is 6.42 Å². The molecule has 20 heavy (non-hydrogen) atoms. The van der Waals surface area contributed by atoms with Gasteiger partial charge in [-0.2, -0.15) is 8.42 Å². The highest BCUT2D eigenvalue weighted by molar-refractivity contribution is 7.80. The van der Waals surface area contributed by atoms with E-state index in [-0.39, 0.29) is 13.2 Å². The van der Waals surface area contributed by atoms with Crippen molar-refractivity contribution in [3.05, 3.63) is 0 Å². The topological polar surface area (TPSA) is 125 Å². The average molecular weight is 334 g/mol. The highest BCUT2D eigenvalue weighted by atomic mass is 32.3. The summed E-state index contributed by atoms with van der Waals surface area (Å²) < 4.78 is 59.1. The van der Waals surface area contributed by atoms with Gasteiger partial charge in [0.2, 0.25) is 0 Å². The van der Waals surface area contributed by atoms with Crippen molar-refractivity contribution in [3.8, 4) is 0 Å². The predicted octanol–water partition coefficient (Wildman–Crippen LogP) is 1.99. The van der Waals surface area contributed by atoms with E-state index in [9.17, 15) is 17.8 Å². The van der Waals surface area contributed by atoms with Crippen LogP contribution in [0.5, 0.6) is 0 Å². The van der Waals surface area contributed by atoms with Gasteiger partial charge in [-0.15, -0.1) is 0 Å². The van der Waals surface area contributed by atoms with Gasteiger partial charge in [0, 0.05) is 0 Å². The molecule has 0 bridgehead atoms. The van der Waals surface area contributed by atoms with Gasteiger partial charge in [0.1, 0.15) is 0 Å². The van der Waals surface area contributed by atoms with Gasteiger partial charge in [0.05, 0.1) is 26.4 Å². The molecule has 0 radical (unpaired) electrons. The summed E-state index contributed by atoms with van der Waals surface area (Å²) in [5, 5.41) is 0. The lowest BCUT2D eigenvalue weighted by atomic mass is 10.4. The number of rotatable bonds is 11. The minimum absolute atomic E-state index is 0.0562. The number of carbonyl (C=O) groups excluding carboxylic acids is 1. The third-order valence-electron chi connectivity index (χ3n) is 1.82. The Bertz CT molecular complexity index is 433. The summed E-state index contributed by atoms with van der Waals surface area (Å²) in [6.07, 6.45) is 1.39. The summed E-state index contributed by atoms with van der Waals surface area (Å²) >= 11 is 0. The van der Waals surface area contributed by atoms with E-state index in [1.54, 1.807) is 0 Å². The van der Waals surface area contributed by atoms with Gasteiger partial charge in [-0.1, -0.05) is 13.3 Å². The lowest BCUT2D eigenvalue weighted by molar-refractivity contribution is 0.136. The number of hydrogen-bond donors (Lipinski definition) is 1. The Hall–Kier alpha value is -0.510. The van der Waals surface area contributed by atoms with Crippen molar-refractivity contribution in [1.29, 1.82) is 0 Å². The van der Waals surface area contributed by atoms with E-state index in [1.807, 2.05) is 6.92 Å². The van der Waals surface area contributed by atoms with Crippen LogP contribution < -0.4 is 0 Å². The van der Waals surface area contributed by atoms with Gasteiger partial charge in [0.15, 0.2) is 0 Å². The molecule has 0 aromatic rings. The summed E-state index contributed by atoms with van der Waals surface area (Å²) in [5.41, 5.74) is -1.14. The van der Waals surface area contributed by atoms with Crippen LogP contribution in [0.25, 0.3) is 0 Å². The third kappa shape index (κ3) is 8.62. The molecule has 0 saturated heterocycles. The maximum atomic E-state index is 12.0. The molecule has 0 saturated carbocycles. The molecule has 0 spiro atoms. The van der Waals surface area contributed by atoms with Gasteiger partial charge in [-0.3, -0.25) is 9.08 Å². The van der Waals surface area contributed by atoms with Crippen LogP contribution in [0.3, 0.4) is 0 Å². The molecule has 0 fully saturated rings. The fraction of sp³-hybridized carbons (Fsp3) is 0.889. The highest BCUT2D eigenvalue weighted by Crippen LogP contribution is 2.49. The Morgan fingerprint density at radius 3 is 2.30 bits per heavy atom. The molecule has 0 aromatic heterocycles. The lowest BCUT2D eigenvalue weighted by Crippen LogP contribution is -2.14. The van der Waals surface area contributed by atoms with Crippen LogP contribution >= 0.6 is 7.60 Å². The van der Waals surface area contributed by atoms with Gasteiger partial charge in [-0.05, 0) is 13.3 Å². The monoisotopic (exact) mass is 334 g/mol. The summed E-state index contributed by atoms with van der Waals surface area (Å²) in [5.74, 6) is 0. The van der Waals surface area contributed by atoms with E-state index in [2.05, 4.69) is 4.18 Å². The van der Waals surface area contributed by atoms with Crippen molar-refractivity contribution in [1.82, 2.24) is 0 Å². The van der Waals surface area contributed by atoms with Crippen molar-refractivity contribution in [2.75, 3.05) is 26.4 Å². The molecule has 0 aromatic carbocycles. The maximum absolute atomic E-state index is 12.0. The van der Waals surface area contributed by atoms with Crippen molar-refractivity contribution in [2.45, 2.75) is 26.7 Å². The smallest absolute Gasteiger partial charge is 0.438 e. The van der Waals surface area contributed by atoms with Crippen molar-refractivity contribution >= 4 is 23.7 Å². The first kappa shape index (κ1) is 19.5. The number of carbonyl (C=O) groups is 1. The molecule has 1 atom stereocenters. The molecule has 0 rings (SSSR count). The Balaban J connectivity index is 4.36. The van der Waals surface area contributed by atoms with Crippen LogP contribution in [-0.4, -0.2) is 45.1 Å². The van der Waals surface area contributed by atoms with E-state index >= 15 is 0 Å². The Morgan fingerprint density at radius 2 is 1.80 bits per heavy atom. The zero-order valence-electron chi connectivity index (χ0n) is 11.3. The molecule has 0 aliphatic rings. The second kappa shape index (κ2) is 9.43. The number of hydrogen-bond acceptors (Lipinski definition) is 8. The minimum Gasteiger partial charge on any atom is -0.457 e. The molecule has 1 unspecified atom stereocenters. The van der Waals surface area contributed by atoms with Crippen LogP contribution in [0, 0.1) is 0 Å². The third-order valence-corrected chi connectivity index (χ3v) is 3.98. The summed E-state index contributed by atoms with van der Waals surface area (Å²) in [6, 6.07) is 0. The van der Waals surface area contributed by atoms with Gasteiger partial charge < -0.3 is 9.26 Å². The minimum atomic E-state index is -4.62. The molecule has 0 heterocycles. The highest BCUT2D eigenvalue weighted by Gasteiger charge is 2.36. The SMILES string of the molecule is CCCCOC(=O)P(=O)(OCC)OCCOS(=O)(=O)O. The van der Waals surface area contributed by atoms with Crippen LogP contribution in [0.1, 0.15) is 26.7 Å². The fourth-order valence-electron chi connectivity index (χ4n) is 0.992. The first-order valence-electron chi connectivity index (χ1n) is 5.93. The van der Waals surface area contributed by atoms with Crippen LogP contribution in [0.4, 0.5) is 4.79 Å². The molecule has 1 N–H and O–H groups in total. The van der Waals surface area contributed by atoms with Gasteiger partial charge >= 0.3 is 23.7 Å². The molecule has 0 aliphatic carbocycles. The molecule has 0 aliphatic heterocycles. The lowest BCUT2D eigenvalue weighted by Gasteiger charge is -2.15. The van der Waals surface area contributed by atoms with Crippen molar-refractivity contribution in [2.24, 2.45) is 0 Å². The fourth-order valence-corrected chi connectivity index (χ4v) is 2.46. The zero-order chi connectivity index (χ0) is 15.6. The zero-order valence-corrected chi connectivity index (χ0v) is 13.0. The summed E-state index contributed by atoms with van der Waals surface area (Å²) in [6.45, 7) is 2.28. The standard InChI is InChI=1S/C9H19O9PS/c1-3-5-6-15-9(10)19(11,16-4-2)17-7-8-18-20(12,13)14/h3-8H2,1-2H3,(H,12,13,14). The van der Waals surface area contributed by atoms with Crippen LogP contribution in [-0.2, 0) is 32.9 Å². The Morgan fingerprint density at radius 1 is 1.15 bits per heavy atom. The van der Waals surface area contributed by atoms with E-state index in [0.29, 0.717) is 6.42 Å². The first-order valence-corrected chi connectivity index (χ1v) is 8.84. The largest absolute Gasteiger partial charge is 0.457 e. The maximum Gasteiger partial charge on any atom is 0.438 e. The molecule has 0 amide bonds. The number of ether oxygens (including phenoxy) is 1. The first-order chi connectivity index (χ1) is 9.25. The van der Waals surface area contributed by atoms with Crippen LogP contribution in [0.2, 0.25) is 0 Å². The summed E-state index contributed by atoms with van der Waals surface area (Å²) in [7, 11) is -8.77.